The van der Waals surface area contributed by atoms with E-state index in [1.54, 1.807) is 0 Å². The van der Waals surface area contributed by atoms with E-state index in [4.69, 9.17) is 61.9 Å². The third-order valence-corrected chi connectivity index (χ3v) is 4.58. The van der Waals surface area contributed by atoms with E-state index in [1.807, 2.05) is 0 Å². The standard InChI is InChI=1S/B13P/c1-9(2)13(10(3)4)14(11(5)6)12(7)8. The van der Waals surface area contributed by atoms with E-state index in [0.29, 0.717) is 0 Å². The maximum Gasteiger partial charge on any atom is 0.0529 e. The zero-order valence-electron chi connectivity index (χ0n) is 7.95. The summed E-state index contributed by atoms with van der Waals surface area (Å²) in [7, 11) is 43.0. The molecule has 0 nitrogen and oxygen atoms in total. The van der Waals surface area contributed by atoms with Gasteiger partial charge in [-0.25, -0.2) is 0 Å². The normalized spacial score (nSPS) is 9.50. The Balaban J connectivity index is 4.74. The molecule has 0 unspecified atom stereocenters. The first kappa shape index (κ1) is 15.3. The quantitative estimate of drug-likeness (QED) is 0.292. The van der Waals surface area contributed by atoms with Gasteiger partial charge >= 0.3 is 0 Å². The van der Waals surface area contributed by atoms with Gasteiger partial charge in [0.05, 0.1) is 18.6 Å². The van der Waals surface area contributed by atoms with Gasteiger partial charge in [0.25, 0.3) is 0 Å². The van der Waals surface area contributed by atoms with Gasteiger partial charge < -0.3 is 0 Å². The molecular weight excluding hydrogens is 172 g/mol. The third-order valence-electron chi connectivity index (χ3n) is 1.82. The largest absolute Gasteiger partial charge is 0.253 e. The molecule has 0 saturated carbocycles. The van der Waals surface area contributed by atoms with Crippen LogP contribution in [0.15, 0.2) is 0 Å². The summed E-state index contributed by atoms with van der Waals surface area (Å²) in [5.41, 5.74) is 0. The van der Waals surface area contributed by atoms with Crippen molar-refractivity contribution >= 4 is 101 Å². The lowest BCUT2D eigenvalue weighted by molar-refractivity contribution is 3.58. The summed E-state index contributed by atoms with van der Waals surface area (Å²) >= 11 is 0. The summed E-state index contributed by atoms with van der Waals surface area (Å²) in [6, 6.07) is 0. The smallest absolute Gasteiger partial charge is 0.0529 e. The van der Waals surface area contributed by atoms with Gasteiger partial charge in [0.2, 0.25) is 0 Å². The summed E-state index contributed by atoms with van der Waals surface area (Å²) in [5.74, 6) is 0. The predicted molar refractivity (Wildman–Crippen MR) is 81.7 cm³/mol. The molecule has 0 aliphatic carbocycles. The summed E-state index contributed by atoms with van der Waals surface area (Å²) in [4.78, 5) is 0. The molecule has 0 aromatic rings. The zero-order chi connectivity index (χ0) is 11.5. The van der Waals surface area contributed by atoms with Crippen molar-refractivity contribution in [2.45, 2.75) is 0 Å². The number of hydrogen-bond donors (Lipinski definition) is 0. The second kappa shape index (κ2) is 6.77. The van der Waals surface area contributed by atoms with E-state index < -0.39 is 39.0 Å². The number of hydrogen-bond acceptors (Lipinski definition) is 0. The molecule has 0 aliphatic heterocycles. The first-order valence-electron chi connectivity index (χ1n) is 4.11. The molecule has 0 rings (SSSR count). The summed E-state index contributed by atoms with van der Waals surface area (Å²) in [6.45, 7) is 0. The van der Waals surface area contributed by atoms with Gasteiger partial charge in [-0.15, -0.1) is 0 Å². The van der Waals surface area contributed by atoms with Crippen LogP contribution in [-0.4, -0.2) is 93.3 Å². The lowest BCUT2D eigenvalue weighted by Crippen LogP contribution is -2.55. The fourth-order valence-corrected chi connectivity index (χ4v) is 3.24. The molecule has 0 heterocycles. The molecule has 0 bridgehead atoms. The molecule has 0 aromatic heterocycles. The molecule has 44 valence electrons. The van der Waals surface area contributed by atoms with Crippen LogP contribution in [0.3, 0.4) is 0 Å². The molecule has 0 spiro atoms. The van der Waals surface area contributed by atoms with Gasteiger partial charge in [0.1, 0.15) is 0 Å². The van der Waals surface area contributed by atoms with Crippen molar-refractivity contribution in [3.05, 3.63) is 0 Å². The minimum Gasteiger partial charge on any atom is -0.253 e. The topological polar surface area (TPSA) is 0 Å². The van der Waals surface area contributed by atoms with Crippen LogP contribution in [0.4, 0.5) is 0 Å². The fraction of sp³-hybridized carbons (Fsp3) is 0. The lowest BCUT2D eigenvalue weighted by atomic mass is 8.80. The van der Waals surface area contributed by atoms with Crippen molar-refractivity contribution in [2.75, 3.05) is 0 Å². The predicted octanol–water partition coefficient (Wildman–Crippen LogP) is -4.09. The number of rotatable bonds is 5. The highest BCUT2D eigenvalue weighted by Crippen LogP contribution is 2.40. The highest BCUT2D eigenvalue weighted by molar-refractivity contribution is 8.50. The summed E-state index contributed by atoms with van der Waals surface area (Å²) < 4.78 is 0. The molecule has 16 radical (unpaired) electrons. The average Bonchev–Trinajstić information content (AvgIpc) is 1.96. The molecule has 0 saturated heterocycles. The fourth-order valence-electron chi connectivity index (χ4n) is 1.25. The van der Waals surface area contributed by atoms with Gasteiger partial charge in [-0.2, -0.15) is 0 Å². The van der Waals surface area contributed by atoms with Crippen LogP contribution in [0.2, 0.25) is 0 Å². The van der Waals surface area contributed by atoms with E-state index >= 15 is 0 Å². The maximum absolute atomic E-state index is 5.54. The van der Waals surface area contributed by atoms with Gasteiger partial charge in [0.15, 0.2) is 0 Å². The Morgan fingerprint density at radius 1 is 0.571 bits per heavy atom. The van der Waals surface area contributed by atoms with Crippen LogP contribution in [0.25, 0.3) is 0 Å². The van der Waals surface area contributed by atoms with Gasteiger partial charge in [-0.05, 0) is 0 Å². The summed E-state index contributed by atoms with van der Waals surface area (Å²) in [6.07, 6.45) is -3.31. The second-order valence-electron chi connectivity index (χ2n) is 3.07. The Hall–Kier alpha value is 1.27. The monoisotopic (exact) mass is 174 g/mol. The molecule has 14 heavy (non-hydrogen) atoms. The second-order valence-corrected chi connectivity index (χ2v) is 5.76. The van der Waals surface area contributed by atoms with Gasteiger partial charge in [0, 0.05) is 74.7 Å². The van der Waals surface area contributed by atoms with Crippen LogP contribution in [0.5, 0.6) is 0 Å². The summed E-state index contributed by atoms with van der Waals surface area (Å²) in [5, 5.41) is 0. The van der Waals surface area contributed by atoms with Crippen LogP contribution in [0, 0.1) is 0 Å². The highest BCUT2D eigenvalue weighted by Gasteiger charge is 2.33. The molecule has 14 heteroatoms. The molecule has 0 fully saturated rings. The van der Waals surface area contributed by atoms with Crippen molar-refractivity contribution in [1.29, 1.82) is 0 Å². The first-order valence-corrected chi connectivity index (χ1v) is 5.66. The van der Waals surface area contributed by atoms with Gasteiger partial charge in [-0.3, -0.25) is 7.56 Å². The van der Waals surface area contributed by atoms with E-state index in [1.165, 1.54) is 0 Å². The minimum absolute atomic E-state index is 0.454. The van der Waals surface area contributed by atoms with Crippen LogP contribution in [0.1, 0.15) is 0 Å². The Kier molecular flexibility index (Phi) is 7.39. The molecule has 0 N–H and O–H groups in total. The van der Waals surface area contributed by atoms with E-state index in [9.17, 15) is 0 Å². The SMILES string of the molecule is [B]B([B])B(B([B])[B])P(B([B])[B])B([B])[B]. The average molecular weight is 172 g/mol. The van der Waals surface area contributed by atoms with Gasteiger partial charge in [-0.1, -0.05) is 0 Å². The molecular formula is B13P. The first-order chi connectivity index (χ1) is 6.29. The lowest BCUT2D eigenvalue weighted by Gasteiger charge is -2.38. The zero-order valence-corrected chi connectivity index (χ0v) is 8.85. The minimum atomic E-state index is -1.21. The van der Waals surface area contributed by atoms with Crippen molar-refractivity contribution < 1.29 is 0 Å². The van der Waals surface area contributed by atoms with Crippen molar-refractivity contribution in [1.82, 2.24) is 0 Å². The van der Waals surface area contributed by atoms with Crippen LogP contribution < -0.4 is 0 Å². The van der Waals surface area contributed by atoms with Crippen molar-refractivity contribution in [3.8, 4) is 0 Å². The Bertz CT molecular complexity index is 113. The van der Waals surface area contributed by atoms with Crippen LogP contribution >= 0.6 is 7.56 Å². The van der Waals surface area contributed by atoms with E-state index in [0.717, 1.165) is 0 Å². The van der Waals surface area contributed by atoms with Crippen molar-refractivity contribution in [3.63, 3.8) is 0 Å². The highest BCUT2D eigenvalue weighted by atomic mass is 31.1. The molecule has 0 aliphatic rings. The van der Waals surface area contributed by atoms with Crippen LogP contribution in [-0.2, 0) is 0 Å². The van der Waals surface area contributed by atoms with E-state index in [2.05, 4.69) is 0 Å². The van der Waals surface area contributed by atoms with Crippen molar-refractivity contribution in [2.24, 2.45) is 0 Å². The molecule has 0 amide bonds. The maximum atomic E-state index is 5.54. The Morgan fingerprint density at radius 2 is 0.857 bits per heavy atom. The molecule has 0 atom stereocenters. The third kappa shape index (κ3) is 4.42. The Morgan fingerprint density at radius 3 is 0.929 bits per heavy atom. The van der Waals surface area contributed by atoms with E-state index in [-0.39, 0.29) is 0 Å². The Labute approximate surface area is 101 Å². The molecule has 0 aromatic carbocycles.